The van der Waals surface area contributed by atoms with Crippen molar-refractivity contribution in [3.05, 3.63) is 18.2 Å². The number of aliphatic hydroxyl groups excluding tert-OH is 1. The van der Waals surface area contributed by atoms with Crippen LogP contribution in [0.5, 0.6) is 0 Å². The van der Waals surface area contributed by atoms with Gasteiger partial charge in [-0.15, -0.1) is 0 Å². The van der Waals surface area contributed by atoms with Gasteiger partial charge in [0.25, 0.3) is 0 Å². The molecule has 1 aromatic heterocycles. The van der Waals surface area contributed by atoms with Crippen LogP contribution in [0.3, 0.4) is 0 Å². The topological polar surface area (TPSA) is 237 Å². The van der Waals surface area contributed by atoms with Gasteiger partial charge in [-0.3, -0.25) is 19.2 Å². The van der Waals surface area contributed by atoms with Crippen LogP contribution in [0.1, 0.15) is 25.5 Å². The number of nitrogens with two attached hydrogens (primary N) is 1. The van der Waals surface area contributed by atoms with E-state index in [0.29, 0.717) is 11.4 Å². The van der Waals surface area contributed by atoms with E-state index in [4.69, 9.17) is 10.8 Å². The van der Waals surface area contributed by atoms with Crippen molar-refractivity contribution in [2.24, 2.45) is 5.73 Å². The Hall–Kier alpha value is -3.17. The first-order valence-electron chi connectivity index (χ1n) is 10.2. The van der Waals surface area contributed by atoms with Gasteiger partial charge >= 0.3 is 11.9 Å². The Kier molecular flexibility index (Phi) is 12.0. The number of hydrogen-bond donors (Lipinski definition) is 8. The molecule has 0 aliphatic heterocycles. The number of thioether (sulfide) groups is 1. The maximum absolute atomic E-state index is 12.9. The van der Waals surface area contributed by atoms with Crippen molar-refractivity contribution < 1.29 is 39.3 Å². The fraction of sp³-hybridized carbons (Fsp3) is 0.579. The Morgan fingerprint density at radius 3 is 2.24 bits per heavy atom. The predicted molar refractivity (Wildman–Crippen MR) is 121 cm³/mol. The van der Waals surface area contributed by atoms with E-state index in [9.17, 15) is 34.2 Å². The molecule has 190 valence electrons. The number of aromatic amines is 1. The molecule has 3 amide bonds. The lowest BCUT2D eigenvalue weighted by Crippen LogP contribution is -2.60. The van der Waals surface area contributed by atoms with Crippen LogP contribution in [0, 0.1) is 0 Å². The summed E-state index contributed by atoms with van der Waals surface area (Å²) in [6.07, 6.45) is 2.45. The number of H-pyrrole nitrogens is 1. The molecule has 0 aromatic carbocycles. The highest BCUT2D eigenvalue weighted by Gasteiger charge is 2.33. The highest BCUT2D eigenvalue weighted by molar-refractivity contribution is 7.98. The van der Waals surface area contributed by atoms with Crippen molar-refractivity contribution in [3.63, 3.8) is 0 Å². The van der Waals surface area contributed by atoms with Crippen molar-refractivity contribution in [3.8, 4) is 0 Å². The zero-order valence-corrected chi connectivity index (χ0v) is 19.5. The van der Waals surface area contributed by atoms with Gasteiger partial charge in [0.05, 0.1) is 24.9 Å². The van der Waals surface area contributed by atoms with E-state index in [0.717, 1.165) is 0 Å². The molecule has 0 aliphatic carbocycles. The van der Waals surface area contributed by atoms with Crippen molar-refractivity contribution in [2.75, 3.05) is 12.0 Å². The number of aromatic nitrogens is 2. The number of nitrogens with zero attached hydrogens (tertiary/aromatic N) is 1. The summed E-state index contributed by atoms with van der Waals surface area (Å²) < 4.78 is 0. The second kappa shape index (κ2) is 14.2. The number of hydrogen-bond acceptors (Lipinski definition) is 9. The summed E-state index contributed by atoms with van der Waals surface area (Å²) in [6.45, 7) is 1.23. The first-order valence-corrected chi connectivity index (χ1v) is 11.6. The summed E-state index contributed by atoms with van der Waals surface area (Å²) >= 11 is 1.39. The molecule has 1 heterocycles. The molecule has 15 heteroatoms. The fourth-order valence-electron chi connectivity index (χ4n) is 2.80. The molecule has 34 heavy (non-hydrogen) atoms. The number of aliphatic hydroxyl groups is 1. The summed E-state index contributed by atoms with van der Waals surface area (Å²) in [6, 6.07) is -5.50. The summed E-state index contributed by atoms with van der Waals surface area (Å²) in [5.74, 6) is -4.85. The van der Waals surface area contributed by atoms with Crippen LogP contribution >= 0.6 is 11.8 Å². The van der Waals surface area contributed by atoms with Crippen LogP contribution in [0.2, 0.25) is 0 Å². The van der Waals surface area contributed by atoms with E-state index in [-0.39, 0.29) is 12.8 Å². The highest BCUT2D eigenvalue weighted by Crippen LogP contribution is 2.05. The second-order valence-electron chi connectivity index (χ2n) is 7.45. The minimum atomic E-state index is -1.53. The van der Waals surface area contributed by atoms with Crippen LogP contribution in [0.25, 0.3) is 0 Å². The molecule has 5 atom stereocenters. The van der Waals surface area contributed by atoms with Gasteiger partial charge in [0.2, 0.25) is 17.7 Å². The van der Waals surface area contributed by atoms with Crippen molar-refractivity contribution in [2.45, 2.75) is 56.5 Å². The number of imidazole rings is 1. The summed E-state index contributed by atoms with van der Waals surface area (Å²) in [7, 11) is 0. The number of carbonyl (C=O) groups excluding carboxylic acids is 3. The summed E-state index contributed by atoms with van der Waals surface area (Å²) in [5.41, 5.74) is 5.99. The second-order valence-corrected chi connectivity index (χ2v) is 8.44. The largest absolute Gasteiger partial charge is 0.481 e. The predicted octanol–water partition coefficient (Wildman–Crippen LogP) is -2.57. The molecule has 1 aromatic rings. The summed E-state index contributed by atoms with van der Waals surface area (Å²) in [5, 5.41) is 35.1. The molecule has 9 N–H and O–H groups in total. The van der Waals surface area contributed by atoms with E-state index in [1.807, 2.05) is 0 Å². The van der Waals surface area contributed by atoms with E-state index >= 15 is 0 Å². The number of carboxylic acids is 2. The number of nitrogens with one attached hydrogen (secondary N) is 4. The molecule has 1 rings (SSSR count). The number of amides is 3. The van der Waals surface area contributed by atoms with Gasteiger partial charge in [-0.25, -0.2) is 9.78 Å². The Morgan fingerprint density at radius 2 is 1.74 bits per heavy atom. The van der Waals surface area contributed by atoms with Crippen LogP contribution in [0.4, 0.5) is 0 Å². The maximum atomic E-state index is 12.9. The third-order valence-corrected chi connectivity index (χ3v) is 5.27. The Labute approximate surface area is 199 Å². The Bertz CT molecular complexity index is 850. The van der Waals surface area contributed by atoms with Gasteiger partial charge in [-0.1, -0.05) is 0 Å². The standard InChI is InChI=1S/C19H30N6O8S/c1-9(26)15(18(31)23-12(19(32)33)3-4-34-2)25-17(30)13(5-10-7-21-8-22-10)24-16(29)11(20)6-14(27)28/h7-9,11-13,15,26H,3-6,20H2,1-2H3,(H,21,22)(H,23,31)(H,24,29)(H,25,30)(H,27,28)(H,32,33). The first kappa shape index (κ1) is 28.9. The van der Waals surface area contributed by atoms with Crippen molar-refractivity contribution in [1.82, 2.24) is 25.9 Å². The van der Waals surface area contributed by atoms with Crippen LogP contribution < -0.4 is 21.7 Å². The zero-order chi connectivity index (χ0) is 25.8. The van der Waals surface area contributed by atoms with Crippen LogP contribution in [0.15, 0.2) is 12.5 Å². The number of rotatable bonds is 15. The number of aliphatic carboxylic acids is 2. The van der Waals surface area contributed by atoms with Crippen molar-refractivity contribution >= 4 is 41.4 Å². The minimum absolute atomic E-state index is 0.114. The average molecular weight is 503 g/mol. The van der Waals surface area contributed by atoms with Crippen molar-refractivity contribution in [1.29, 1.82) is 0 Å². The quantitative estimate of drug-likeness (QED) is 0.124. The lowest BCUT2D eigenvalue weighted by atomic mass is 10.1. The van der Waals surface area contributed by atoms with E-state index in [2.05, 4.69) is 25.9 Å². The third-order valence-electron chi connectivity index (χ3n) is 4.63. The molecule has 5 unspecified atom stereocenters. The lowest BCUT2D eigenvalue weighted by molar-refractivity contribution is -0.143. The normalized spacial score (nSPS) is 15.3. The number of carbonyl (C=O) groups is 5. The Morgan fingerprint density at radius 1 is 1.09 bits per heavy atom. The summed E-state index contributed by atoms with van der Waals surface area (Å²) in [4.78, 5) is 66.7. The zero-order valence-electron chi connectivity index (χ0n) is 18.7. The van der Waals surface area contributed by atoms with Crippen LogP contribution in [-0.2, 0) is 30.4 Å². The SMILES string of the molecule is CSCCC(NC(=O)C(NC(=O)C(Cc1cnc[nH]1)NC(=O)C(N)CC(=O)O)C(C)O)C(=O)O. The van der Waals surface area contributed by atoms with Gasteiger partial charge in [0, 0.05) is 18.3 Å². The van der Waals surface area contributed by atoms with Gasteiger partial charge < -0.3 is 42.0 Å². The van der Waals surface area contributed by atoms with E-state index < -0.39 is 66.4 Å². The van der Waals surface area contributed by atoms with Crippen LogP contribution in [-0.4, -0.2) is 97.2 Å². The number of carboxylic acid groups (broad SMARTS) is 2. The molecule has 0 bridgehead atoms. The lowest BCUT2D eigenvalue weighted by Gasteiger charge is -2.26. The average Bonchev–Trinajstić information content (AvgIpc) is 3.26. The third kappa shape index (κ3) is 9.76. The van der Waals surface area contributed by atoms with Gasteiger partial charge in [-0.05, 0) is 25.4 Å². The molecule has 0 saturated carbocycles. The monoisotopic (exact) mass is 502 g/mol. The molecule has 0 radical (unpaired) electrons. The molecule has 14 nitrogen and oxygen atoms in total. The van der Waals surface area contributed by atoms with E-state index in [1.165, 1.54) is 31.2 Å². The fourth-order valence-corrected chi connectivity index (χ4v) is 3.27. The molecule has 0 spiro atoms. The maximum Gasteiger partial charge on any atom is 0.326 e. The molecule has 0 aliphatic rings. The molecule has 0 fully saturated rings. The minimum Gasteiger partial charge on any atom is -0.481 e. The van der Waals surface area contributed by atoms with Gasteiger partial charge in [-0.2, -0.15) is 11.8 Å². The molecular formula is C19H30N6O8S. The van der Waals surface area contributed by atoms with E-state index in [1.54, 1.807) is 6.26 Å². The smallest absolute Gasteiger partial charge is 0.326 e. The first-order chi connectivity index (χ1) is 16.0. The molecule has 0 saturated heterocycles. The van der Waals surface area contributed by atoms with Gasteiger partial charge in [0.15, 0.2) is 0 Å². The van der Waals surface area contributed by atoms with Gasteiger partial charge in [0.1, 0.15) is 18.1 Å². The highest BCUT2D eigenvalue weighted by atomic mass is 32.2. The molecular weight excluding hydrogens is 472 g/mol. The Balaban J connectivity index is 2.99.